The molecule has 3 N–H and O–H groups in total. The molecule has 0 unspecified atom stereocenters. The van der Waals surface area contributed by atoms with Crippen LogP contribution in [0.2, 0.25) is 0 Å². The molecule has 0 radical (unpaired) electrons. The largest absolute Gasteiger partial charge is 0.472 e. The minimum Gasteiger partial charge on any atom is -0.472 e. The highest BCUT2D eigenvalue weighted by Gasteiger charge is 1.83. The number of hydrogen-bond acceptors (Lipinski definition) is 2. The molecule has 0 aliphatic heterocycles. The Labute approximate surface area is 60.2 Å². The number of carboxylic acid groups (broad SMARTS) is 1. The topological polar surface area (TPSA) is 63.3 Å². The maximum absolute atomic E-state index is 9.83. The molecular formula is C7H11NO2. The van der Waals surface area contributed by atoms with E-state index in [1.54, 1.807) is 0 Å². The summed E-state index contributed by atoms with van der Waals surface area (Å²) >= 11 is 0. The van der Waals surface area contributed by atoms with Crippen molar-refractivity contribution in [2.45, 2.75) is 19.3 Å². The van der Waals surface area contributed by atoms with Crippen molar-refractivity contribution in [3.05, 3.63) is 0 Å². The second-order valence-electron chi connectivity index (χ2n) is 1.85. The summed E-state index contributed by atoms with van der Waals surface area (Å²) < 4.78 is 0. The van der Waals surface area contributed by atoms with Gasteiger partial charge in [-0.2, -0.15) is 0 Å². The summed E-state index contributed by atoms with van der Waals surface area (Å²) in [6.45, 7) is 0.648. The molecule has 0 fully saturated rings. The normalized spacial score (nSPS) is 8.10. The first-order chi connectivity index (χ1) is 4.77. The fourth-order valence-corrected chi connectivity index (χ4v) is 0.496. The van der Waals surface area contributed by atoms with Gasteiger partial charge in [0.25, 0.3) is 0 Å². The first kappa shape index (κ1) is 8.99. The van der Waals surface area contributed by atoms with Crippen molar-refractivity contribution in [1.82, 2.24) is 0 Å². The summed E-state index contributed by atoms with van der Waals surface area (Å²) in [6, 6.07) is 0. The summed E-state index contributed by atoms with van der Waals surface area (Å²) in [4.78, 5) is 9.83. The van der Waals surface area contributed by atoms with Crippen molar-refractivity contribution in [1.29, 1.82) is 0 Å². The first-order valence-electron chi connectivity index (χ1n) is 3.19. The molecule has 0 rings (SSSR count). The van der Waals surface area contributed by atoms with E-state index in [1.165, 1.54) is 0 Å². The van der Waals surface area contributed by atoms with Crippen LogP contribution in [-0.4, -0.2) is 17.6 Å². The van der Waals surface area contributed by atoms with Crippen LogP contribution in [0.4, 0.5) is 0 Å². The molecule has 3 nitrogen and oxygen atoms in total. The van der Waals surface area contributed by atoms with Crippen LogP contribution in [0.3, 0.4) is 0 Å². The highest BCUT2D eigenvalue weighted by molar-refractivity contribution is 5.86. The van der Waals surface area contributed by atoms with Crippen LogP contribution >= 0.6 is 0 Å². The van der Waals surface area contributed by atoms with E-state index in [1.807, 2.05) is 5.92 Å². The highest BCUT2D eigenvalue weighted by Crippen LogP contribution is 1.89. The van der Waals surface area contributed by atoms with Crippen molar-refractivity contribution < 1.29 is 9.90 Å². The van der Waals surface area contributed by atoms with Crippen molar-refractivity contribution in [2.75, 3.05) is 6.54 Å². The van der Waals surface area contributed by atoms with Crippen LogP contribution in [0.1, 0.15) is 19.3 Å². The molecule has 0 heterocycles. The molecule has 0 spiro atoms. The van der Waals surface area contributed by atoms with Gasteiger partial charge in [-0.1, -0.05) is 5.92 Å². The van der Waals surface area contributed by atoms with E-state index in [4.69, 9.17) is 10.8 Å². The lowest BCUT2D eigenvalue weighted by molar-refractivity contribution is -0.130. The second-order valence-corrected chi connectivity index (χ2v) is 1.85. The van der Waals surface area contributed by atoms with E-state index in [-0.39, 0.29) is 0 Å². The summed E-state index contributed by atoms with van der Waals surface area (Å²) in [5.74, 6) is 3.48. The Balaban J connectivity index is 3.20. The zero-order valence-electron chi connectivity index (χ0n) is 5.76. The SMILES string of the molecule is NCCCCC#CC(=O)O. The van der Waals surface area contributed by atoms with Crippen LogP contribution in [0.25, 0.3) is 0 Å². The van der Waals surface area contributed by atoms with Crippen LogP contribution in [0.15, 0.2) is 0 Å². The Morgan fingerprint density at radius 2 is 2.20 bits per heavy atom. The average molecular weight is 141 g/mol. The van der Waals surface area contributed by atoms with E-state index in [0.29, 0.717) is 13.0 Å². The lowest BCUT2D eigenvalue weighted by Gasteiger charge is -1.87. The monoisotopic (exact) mass is 141 g/mol. The van der Waals surface area contributed by atoms with E-state index in [9.17, 15) is 4.79 Å². The van der Waals surface area contributed by atoms with Gasteiger partial charge in [0.15, 0.2) is 0 Å². The lowest BCUT2D eigenvalue weighted by atomic mass is 10.2. The smallest absolute Gasteiger partial charge is 0.381 e. The lowest BCUT2D eigenvalue weighted by Crippen LogP contribution is -1.97. The van der Waals surface area contributed by atoms with Gasteiger partial charge in [0, 0.05) is 12.3 Å². The molecule has 0 aromatic heterocycles. The van der Waals surface area contributed by atoms with Crippen LogP contribution in [-0.2, 0) is 4.79 Å². The summed E-state index contributed by atoms with van der Waals surface area (Å²) in [7, 11) is 0. The van der Waals surface area contributed by atoms with Crippen LogP contribution in [0.5, 0.6) is 0 Å². The molecule has 3 heteroatoms. The number of nitrogens with two attached hydrogens (primary N) is 1. The molecule has 0 atom stereocenters. The van der Waals surface area contributed by atoms with Crippen molar-refractivity contribution in [3.8, 4) is 11.8 Å². The van der Waals surface area contributed by atoms with Crippen LogP contribution in [0, 0.1) is 11.8 Å². The predicted octanol–water partition coefficient (Wildman–Crippen LogP) is 0.203. The molecule has 0 aromatic rings. The maximum atomic E-state index is 9.83. The summed E-state index contributed by atoms with van der Waals surface area (Å²) in [5.41, 5.74) is 5.21. The van der Waals surface area contributed by atoms with Gasteiger partial charge in [0.05, 0.1) is 0 Å². The zero-order chi connectivity index (χ0) is 7.82. The van der Waals surface area contributed by atoms with Gasteiger partial charge >= 0.3 is 5.97 Å². The van der Waals surface area contributed by atoms with Crippen molar-refractivity contribution >= 4 is 5.97 Å². The molecule has 0 saturated heterocycles. The molecule has 0 saturated carbocycles. The fraction of sp³-hybridized carbons (Fsp3) is 0.571. The number of rotatable bonds is 3. The van der Waals surface area contributed by atoms with E-state index in [0.717, 1.165) is 12.8 Å². The summed E-state index contributed by atoms with van der Waals surface area (Å²) in [5, 5.41) is 8.07. The summed E-state index contributed by atoms with van der Waals surface area (Å²) in [6.07, 6.45) is 2.43. The van der Waals surface area contributed by atoms with Crippen LogP contribution < -0.4 is 5.73 Å². The third kappa shape index (κ3) is 6.99. The third-order valence-corrected chi connectivity index (χ3v) is 0.951. The molecule has 0 aliphatic carbocycles. The van der Waals surface area contributed by atoms with Crippen molar-refractivity contribution in [2.24, 2.45) is 5.73 Å². The standard InChI is InChI=1S/C7H11NO2/c8-6-4-2-1-3-5-7(9)10/h1-2,4,6,8H2,(H,9,10). The van der Waals surface area contributed by atoms with Gasteiger partial charge in [-0.25, -0.2) is 4.79 Å². The predicted molar refractivity (Wildman–Crippen MR) is 38.3 cm³/mol. The number of carbonyl (C=O) groups is 1. The number of carboxylic acids is 1. The van der Waals surface area contributed by atoms with Gasteiger partial charge < -0.3 is 10.8 Å². The molecule has 0 bridgehead atoms. The minimum atomic E-state index is -1.06. The molecule has 10 heavy (non-hydrogen) atoms. The van der Waals surface area contributed by atoms with Gasteiger partial charge in [-0.3, -0.25) is 0 Å². The van der Waals surface area contributed by atoms with Gasteiger partial charge in [-0.05, 0) is 19.4 Å². The average Bonchev–Trinajstić information content (AvgIpc) is 1.87. The van der Waals surface area contributed by atoms with Crippen molar-refractivity contribution in [3.63, 3.8) is 0 Å². The molecule has 0 aromatic carbocycles. The Morgan fingerprint density at radius 3 is 2.70 bits per heavy atom. The fourth-order valence-electron chi connectivity index (χ4n) is 0.496. The van der Waals surface area contributed by atoms with Gasteiger partial charge in [-0.15, -0.1) is 0 Å². The Bertz CT molecular complexity index is 155. The maximum Gasteiger partial charge on any atom is 0.381 e. The number of aliphatic carboxylic acids is 1. The van der Waals surface area contributed by atoms with Gasteiger partial charge in [0.1, 0.15) is 0 Å². The van der Waals surface area contributed by atoms with E-state index >= 15 is 0 Å². The molecule has 0 aliphatic rings. The quantitative estimate of drug-likeness (QED) is 0.436. The first-order valence-corrected chi connectivity index (χ1v) is 3.19. The molecule has 56 valence electrons. The second kappa shape index (κ2) is 6.12. The third-order valence-electron chi connectivity index (χ3n) is 0.951. The van der Waals surface area contributed by atoms with E-state index in [2.05, 4.69) is 5.92 Å². The minimum absolute atomic E-state index is 0.628. The van der Waals surface area contributed by atoms with E-state index < -0.39 is 5.97 Å². The Hall–Kier alpha value is -1.01. The molecular weight excluding hydrogens is 130 g/mol. The van der Waals surface area contributed by atoms with Gasteiger partial charge in [0.2, 0.25) is 0 Å². The number of unbranched alkanes of at least 4 members (excludes halogenated alkanes) is 2. The molecule has 0 amide bonds. The Kier molecular flexibility index (Phi) is 5.50. The Morgan fingerprint density at radius 1 is 1.50 bits per heavy atom. The highest BCUT2D eigenvalue weighted by atomic mass is 16.4. The zero-order valence-corrected chi connectivity index (χ0v) is 5.76. The number of hydrogen-bond donors (Lipinski definition) is 2.